The molecular weight excluding hydrogens is 398 g/mol. The predicted molar refractivity (Wildman–Crippen MR) is 127 cm³/mol. The third-order valence-corrected chi connectivity index (χ3v) is 5.52. The molecule has 0 saturated carbocycles. The number of ether oxygens (including phenoxy) is 1. The first-order valence-electron chi connectivity index (χ1n) is 11.7. The molecule has 0 amide bonds. The summed E-state index contributed by atoms with van der Waals surface area (Å²) < 4.78 is 30.9. The first-order chi connectivity index (χ1) is 16.9. The van der Waals surface area contributed by atoms with Crippen LogP contribution in [-0.2, 0) is 0 Å². The van der Waals surface area contributed by atoms with E-state index in [1.165, 1.54) is 6.20 Å². The average molecular weight is 420 g/mol. The molecule has 154 valence electrons. The van der Waals surface area contributed by atoms with Gasteiger partial charge in [0.15, 0.2) is 0 Å². The number of hydrogen-bond donors (Lipinski definition) is 1. The third kappa shape index (κ3) is 2.94. The van der Waals surface area contributed by atoms with Crippen molar-refractivity contribution in [2.24, 2.45) is 0 Å². The molecular formula is C27H19N3O2. The summed E-state index contributed by atoms with van der Waals surface area (Å²) in [4.78, 5) is 8.93. The monoisotopic (exact) mass is 420 g/mol. The summed E-state index contributed by atoms with van der Waals surface area (Å²) in [6.45, 7) is -2.21. The second kappa shape index (κ2) is 7.10. The summed E-state index contributed by atoms with van der Waals surface area (Å²) >= 11 is 0. The molecule has 0 radical (unpaired) electrons. The van der Waals surface area contributed by atoms with E-state index in [0.29, 0.717) is 23.0 Å². The van der Waals surface area contributed by atoms with Crippen LogP contribution < -0.4 is 4.74 Å². The Labute approximate surface area is 188 Å². The first kappa shape index (κ1) is 15.4. The van der Waals surface area contributed by atoms with Crippen molar-refractivity contribution in [2.75, 3.05) is 0 Å². The number of benzene rings is 3. The molecule has 3 aromatic carbocycles. The zero-order valence-electron chi connectivity index (χ0n) is 19.9. The Balaban J connectivity index is 1.48. The zero-order valence-corrected chi connectivity index (χ0v) is 16.9. The fraction of sp³-hybridized carbons (Fsp3) is 0.0370. The fourth-order valence-electron chi connectivity index (χ4n) is 4.07. The molecule has 0 aliphatic carbocycles. The predicted octanol–water partition coefficient (Wildman–Crippen LogP) is 6.53. The summed E-state index contributed by atoms with van der Waals surface area (Å²) in [6.07, 6.45) is 1.40. The molecule has 32 heavy (non-hydrogen) atoms. The Kier molecular flexibility index (Phi) is 3.42. The van der Waals surface area contributed by atoms with E-state index in [1.807, 2.05) is 59.2 Å². The topological polar surface area (TPSA) is 60.2 Å². The molecule has 3 heterocycles. The second-order valence-corrected chi connectivity index (χ2v) is 7.54. The van der Waals surface area contributed by atoms with Gasteiger partial charge in [-0.3, -0.25) is 4.57 Å². The van der Waals surface area contributed by atoms with Crippen LogP contribution in [0.2, 0.25) is 0 Å². The Hall–Kier alpha value is -4.38. The summed E-state index contributed by atoms with van der Waals surface area (Å²) in [5, 5.41) is 13.0. The molecule has 0 unspecified atom stereocenters. The molecule has 5 nitrogen and oxygen atoms in total. The summed E-state index contributed by atoms with van der Waals surface area (Å²) in [5.74, 6) is 1.63. The molecule has 0 aliphatic heterocycles. The number of nitrogens with zero attached hydrogens (tertiary/aromatic N) is 3. The number of pyridine rings is 2. The number of aryl methyl sites for hydroxylation is 1. The number of hydrogen-bond acceptors (Lipinski definition) is 4. The first-order valence-corrected chi connectivity index (χ1v) is 10.2. The molecule has 0 atom stereocenters. The van der Waals surface area contributed by atoms with Gasteiger partial charge in [0, 0.05) is 38.6 Å². The third-order valence-electron chi connectivity index (χ3n) is 5.52. The maximum Gasteiger partial charge on any atom is 0.219 e. The Morgan fingerprint density at radius 1 is 0.875 bits per heavy atom. The molecule has 6 aromatic rings. The lowest BCUT2D eigenvalue weighted by molar-refractivity contribution is 0.460. The average Bonchev–Trinajstić information content (AvgIpc) is 3.18. The van der Waals surface area contributed by atoms with Crippen LogP contribution in [0.1, 0.15) is 9.68 Å². The van der Waals surface area contributed by atoms with Gasteiger partial charge in [0.25, 0.3) is 0 Å². The van der Waals surface area contributed by atoms with Crippen LogP contribution in [0.25, 0.3) is 38.5 Å². The van der Waals surface area contributed by atoms with Crippen molar-refractivity contribution in [1.29, 1.82) is 0 Å². The number of phenolic OH excluding ortho intramolecular Hbond substituents is 1. The number of fused-ring (bicyclic) bond motifs is 4. The lowest BCUT2D eigenvalue weighted by Crippen LogP contribution is -1.97. The molecule has 0 saturated heterocycles. The van der Waals surface area contributed by atoms with Gasteiger partial charge in [-0.2, -0.15) is 0 Å². The van der Waals surface area contributed by atoms with Crippen molar-refractivity contribution in [2.45, 2.75) is 6.85 Å². The van der Waals surface area contributed by atoms with Crippen LogP contribution in [0.5, 0.6) is 17.4 Å². The van der Waals surface area contributed by atoms with Gasteiger partial charge in [0.1, 0.15) is 22.8 Å². The minimum Gasteiger partial charge on any atom is -0.506 e. The molecule has 0 bridgehead atoms. The summed E-state index contributed by atoms with van der Waals surface area (Å²) in [6, 6.07) is 25.9. The number of phenols is 1. The summed E-state index contributed by atoms with van der Waals surface area (Å²) in [7, 11) is 0. The van der Waals surface area contributed by atoms with E-state index >= 15 is 0 Å². The maximum atomic E-state index is 10.2. The highest BCUT2D eigenvalue weighted by molar-refractivity contribution is 6.09. The lowest BCUT2D eigenvalue weighted by Gasteiger charge is -2.09. The molecule has 6 rings (SSSR count). The minimum atomic E-state index is -2.21. The van der Waals surface area contributed by atoms with Crippen LogP contribution in [0.4, 0.5) is 0 Å². The fourth-order valence-corrected chi connectivity index (χ4v) is 4.07. The maximum absolute atomic E-state index is 10.2. The normalized spacial score (nSPS) is 13.2. The van der Waals surface area contributed by atoms with Gasteiger partial charge >= 0.3 is 0 Å². The van der Waals surface area contributed by atoms with Gasteiger partial charge in [0.2, 0.25) is 5.88 Å². The van der Waals surface area contributed by atoms with Crippen LogP contribution in [-0.4, -0.2) is 19.6 Å². The van der Waals surface area contributed by atoms with E-state index in [4.69, 9.17) is 8.85 Å². The summed E-state index contributed by atoms with van der Waals surface area (Å²) in [5.41, 5.74) is 2.47. The molecule has 1 N–H and O–H groups in total. The van der Waals surface area contributed by atoms with E-state index < -0.39 is 6.85 Å². The second-order valence-electron chi connectivity index (χ2n) is 7.54. The minimum absolute atomic E-state index is 0.0927. The smallest absolute Gasteiger partial charge is 0.219 e. The Morgan fingerprint density at radius 2 is 1.78 bits per heavy atom. The number of rotatable bonds is 3. The highest BCUT2D eigenvalue weighted by atomic mass is 16.5. The number of aromatic nitrogens is 3. The van der Waals surface area contributed by atoms with Crippen molar-refractivity contribution >= 4 is 32.7 Å². The Bertz CT molecular complexity index is 1720. The van der Waals surface area contributed by atoms with E-state index in [1.54, 1.807) is 30.3 Å². The van der Waals surface area contributed by atoms with E-state index in [2.05, 4.69) is 9.97 Å². The van der Waals surface area contributed by atoms with Gasteiger partial charge in [-0.05, 0) is 48.8 Å². The highest BCUT2D eigenvalue weighted by Crippen LogP contribution is 2.35. The molecule has 0 aliphatic rings. The van der Waals surface area contributed by atoms with Crippen molar-refractivity contribution in [3.63, 3.8) is 0 Å². The molecule has 0 spiro atoms. The SMILES string of the molecule is [2H]C([2H])([2H])c1ccc(-n2c3ccccc3c3ccc(Oc4ccc5cccc(O)c5n4)cc32)nc1. The van der Waals surface area contributed by atoms with E-state index in [-0.39, 0.29) is 11.3 Å². The van der Waals surface area contributed by atoms with Gasteiger partial charge < -0.3 is 9.84 Å². The Morgan fingerprint density at radius 3 is 2.66 bits per heavy atom. The van der Waals surface area contributed by atoms with Crippen LogP contribution in [0, 0.1) is 6.85 Å². The van der Waals surface area contributed by atoms with Gasteiger partial charge in [-0.1, -0.05) is 36.4 Å². The van der Waals surface area contributed by atoms with Crippen LogP contribution >= 0.6 is 0 Å². The lowest BCUT2D eigenvalue weighted by atomic mass is 10.1. The zero-order chi connectivity index (χ0) is 24.2. The van der Waals surface area contributed by atoms with Gasteiger partial charge in [-0.25, -0.2) is 9.97 Å². The van der Waals surface area contributed by atoms with Crippen LogP contribution in [0.15, 0.2) is 91.1 Å². The van der Waals surface area contributed by atoms with E-state index in [0.717, 1.165) is 27.2 Å². The van der Waals surface area contributed by atoms with Gasteiger partial charge in [0.05, 0.1) is 11.0 Å². The van der Waals surface area contributed by atoms with Gasteiger partial charge in [-0.15, -0.1) is 0 Å². The van der Waals surface area contributed by atoms with Crippen molar-refractivity contribution < 1.29 is 14.0 Å². The molecule has 5 heteroatoms. The molecule has 0 fully saturated rings. The van der Waals surface area contributed by atoms with Crippen molar-refractivity contribution in [3.8, 4) is 23.2 Å². The number of para-hydroxylation sites is 2. The largest absolute Gasteiger partial charge is 0.506 e. The van der Waals surface area contributed by atoms with E-state index in [9.17, 15) is 5.11 Å². The molecule has 3 aromatic heterocycles. The van der Waals surface area contributed by atoms with Crippen molar-refractivity contribution in [1.82, 2.24) is 14.5 Å². The van der Waals surface area contributed by atoms with Crippen molar-refractivity contribution in [3.05, 3.63) is 96.7 Å². The van der Waals surface area contributed by atoms with Crippen LogP contribution in [0.3, 0.4) is 0 Å². The standard InChI is InChI=1S/C27H19N3O2/c1-17-9-13-25(28-16-17)30-22-7-3-2-6-20(22)21-12-11-19(15-23(21)30)32-26-14-10-18-5-4-8-24(31)27(18)29-26/h2-16,31H,1H3/i1D3. The number of aromatic hydroxyl groups is 1. The quantitative estimate of drug-likeness (QED) is 0.353. The highest BCUT2D eigenvalue weighted by Gasteiger charge is 2.14.